The van der Waals surface area contributed by atoms with Crippen molar-refractivity contribution in [1.29, 1.82) is 0 Å². The van der Waals surface area contributed by atoms with Gasteiger partial charge in [-0.2, -0.15) is 4.98 Å². The van der Waals surface area contributed by atoms with E-state index in [2.05, 4.69) is 19.8 Å². The molecule has 0 bridgehead atoms. The van der Waals surface area contributed by atoms with Gasteiger partial charge in [0.1, 0.15) is 0 Å². The average molecular weight is 484 g/mol. The number of piperazine rings is 1. The zero-order chi connectivity index (χ0) is 24.3. The van der Waals surface area contributed by atoms with Crippen LogP contribution in [0.15, 0.2) is 57.9 Å². The van der Waals surface area contributed by atoms with Gasteiger partial charge in [0.15, 0.2) is 0 Å². The third kappa shape index (κ3) is 5.03. The lowest BCUT2D eigenvalue weighted by atomic mass is 10.1. The van der Waals surface area contributed by atoms with Crippen LogP contribution in [0, 0.1) is 6.92 Å². The topological polar surface area (TPSA) is 109 Å². The number of carbonyl (C=O) groups excluding carboxylic acids is 1. The van der Waals surface area contributed by atoms with Gasteiger partial charge in [-0.25, -0.2) is 13.1 Å². The molecule has 10 heteroatoms. The molecule has 2 aromatic carbocycles. The Hall–Kier alpha value is -3.08. The van der Waals surface area contributed by atoms with E-state index >= 15 is 0 Å². The van der Waals surface area contributed by atoms with E-state index < -0.39 is 10.0 Å². The molecule has 1 amide bonds. The van der Waals surface area contributed by atoms with Gasteiger partial charge in [0.25, 0.3) is 5.91 Å². The number of hydrogen-bond acceptors (Lipinski definition) is 7. The third-order valence-electron chi connectivity index (χ3n) is 6.06. The molecule has 1 N–H and O–H groups in total. The van der Waals surface area contributed by atoms with Gasteiger partial charge in [0.05, 0.1) is 10.9 Å². The summed E-state index contributed by atoms with van der Waals surface area (Å²) >= 11 is 0. The van der Waals surface area contributed by atoms with Crippen molar-refractivity contribution in [2.45, 2.75) is 31.7 Å². The van der Waals surface area contributed by atoms with Crippen molar-refractivity contribution in [2.75, 3.05) is 32.7 Å². The zero-order valence-electron chi connectivity index (χ0n) is 19.6. The molecule has 1 fully saturated rings. The Balaban J connectivity index is 1.42. The van der Waals surface area contributed by atoms with Crippen LogP contribution in [0.25, 0.3) is 11.4 Å². The summed E-state index contributed by atoms with van der Waals surface area (Å²) < 4.78 is 32.7. The Kier molecular flexibility index (Phi) is 7.11. The van der Waals surface area contributed by atoms with Crippen LogP contribution in [0.4, 0.5) is 0 Å². The van der Waals surface area contributed by atoms with Crippen LogP contribution in [0.1, 0.15) is 41.7 Å². The normalized spacial score (nSPS) is 15.9. The van der Waals surface area contributed by atoms with Crippen molar-refractivity contribution in [2.24, 2.45) is 0 Å². The second kappa shape index (κ2) is 10.0. The number of hydrogen-bond donors (Lipinski definition) is 1. The summed E-state index contributed by atoms with van der Waals surface area (Å²) in [4.78, 5) is 21.8. The number of benzene rings is 2. The van der Waals surface area contributed by atoms with Gasteiger partial charge < -0.3 is 9.42 Å². The summed E-state index contributed by atoms with van der Waals surface area (Å²) in [5, 5.41) is 4.10. The molecule has 2 heterocycles. The highest BCUT2D eigenvalue weighted by atomic mass is 32.2. The molecule has 4 rings (SSSR count). The van der Waals surface area contributed by atoms with E-state index in [0.29, 0.717) is 43.5 Å². The number of amides is 1. The summed E-state index contributed by atoms with van der Waals surface area (Å²) in [7, 11) is -3.63. The molecule has 1 unspecified atom stereocenters. The monoisotopic (exact) mass is 483 g/mol. The molecule has 0 radical (unpaired) electrons. The highest BCUT2D eigenvalue weighted by molar-refractivity contribution is 7.89. The molecule has 180 valence electrons. The summed E-state index contributed by atoms with van der Waals surface area (Å²) in [6.07, 6.45) is 0. The van der Waals surface area contributed by atoms with Crippen LogP contribution in [-0.2, 0) is 10.0 Å². The molecular weight excluding hydrogens is 454 g/mol. The quantitative estimate of drug-likeness (QED) is 0.550. The molecular formula is C24H29N5O4S. The fraction of sp³-hybridized carbons (Fsp3) is 0.375. The third-order valence-corrected chi connectivity index (χ3v) is 7.61. The van der Waals surface area contributed by atoms with Gasteiger partial charge in [0.2, 0.25) is 21.7 Å². The van der Waals surface area contributed by atoms with E-state index in [1.54, 1.807) is 17.9 Å². The van der Waals surface area contributed by atoms with Crippen LogP contribution < -0.4 is 4.72 Å². The minimum atomic E-state index is -3.63. The first-order valence-corrected chi connectivity index (χ1v) is 12.8. The van der Waals surface area contributed by atoms with E-state index in [1.807, 2.05) is 44.2 Å². The van der Waals surface area contributed by atoms with Crippen LogP contribution in [-0.4, -0.2) is 67.0 Å². The molecule has 1 aliphatic heterocycles. The Bertz CT molecular complexity index is 1250. The number of aryl methyl sites for hydroxylation is 1. The Morgan fingerprint density at radius 3 is 2.50 bits per heavy atom. The zero-order valence-corrected chi connectivity index (χ0v) is 20.4. The fourth-order valence-electron chi connectivity index (χ4n) is 4.02. The molecule has 0 saturated carbocycles. The molecule has 3 aromatic rings. The van der Waals surface area contributed by atoms with Crippen molar-refractivity contribution in [1.82, 2.24) is 24.7 Å². The highest BCUT2D eigenvalue weighted by Gasteiger charge is 2.29. The number of sulfonamides is 1. The summed E-state index contributed by atoms with van der Waals surface area (Å²) in [6, 6.07) is 14.2. The standard InChI is InChI=1S/C24H29N5O4S/c1-4-25-34(31,32)20-11-10-17(2)21(16-20)24(30)29-14-12-28(13-15-29)18(3)23-26-22(27-33-23)19-8-6-5-7-9-19/h5-11,16,18,25H,4,12-15H2,1-3H3. The first kappa shape index (κ1) is 24.1. The van der Waals surface area contributed by atoms with Crippen LogP contribution >= 0.6 is 0 Å². The first-order chi connectivity index (χ1) is 16.3. The molecule has 0 spiro atoms. The maximum Gasteiger partial charge on any atom is 0.254 e. The van der Waals surface area contributed by atoms with E-state index in [1.165, 1.54) is 12.1 Å². The lowest BCUT2D eigenvalue weighted by Crippen LogP contribution is -2.49. The first-order valence-electron chi connectivity index (χ1n) is 11.3. The number of nitrogens with zero attached hydrogens (tertiary/aromatic N) is 4. The molecule has 1 aromatic heterocycles. The molecule has 1 atom stereocenters. The number of carbonyl (C=O) groups is 1. The minimum absolute atomic E-state index is 0.0856. The molecule has 1 aliphatic rings. The van der Waals surface area contributed by atoms with Crippen molar-refractivity contribution in [3.05, 3.63) is 65.5 Å². The van der Waals surface area contributed by atoms with Gasteiger partial charge in [-0.1, -0.05) is 48.5 Å². The average Bonchev–Trinajstić information content (AvgIpc) is 3.34. The van der Waals surface area contributed by atoms with Gasteiger partial charge in [-0.15, -0.1) is 0 Å². The van der Waals surface area contributed by atoms with Crippen molar-refractivity contribution >= 4 is 15.9 Å². The van der Waals surface area contributed by atoms with Crippen LogP contribution in [0.5, 0.6) is 0 Å². The van der Waals surface area contributed by atoms with Crippen LogP contribution in [0.2, 0.25) is 0 Å². The Labute approximate surface area is 199 Å². The summed E-state index contributed by atoms with van der Waals surface area (Å²) in [6.45, 7) is 8.16. The van der Waals surface area contributed by atoms with Gasteiger partial charge >= 0.3 is 0 Å². The fourth-order valence-corrected chi connectivity index (χ4v) is 5.09. The summed E-state index contributed by atoms with van der Waals surface area (Å²) in [5.74, 6) is 0.928. The number of rotatable bonds is 7. The van der Waals surface area contributed by atoms with Gasteiger partial charge in [0, 0.05) is 43.9 Å². The van der Waals surface area contributed by atoms with E-state index in [0.717, 1.165) is 11.1 Å². The largest absolute Gasteiger partial charge is 0.337 e. The molecule has 0 aliphatic carbocycles. The van der Waals surface area contributed by atoms with Gasteiger partial charge in [-0.3, -0.25) is 9.69 Å². The number of nitrogens with one attached hydrogen (secondary N) is 1. The highest BCUT2D eigenvalue weighted by Crippen LogP contribution is 2.24. The van der Waals surface area contributed by atoms with Crippen molar-refractivity contribution in [3.8, 4) is 11.4 Å². The van der Waals surface area contributed by atoms with Crippen molar-refractivity contribution in [3.63, 3.8) is 0 Å². The maximum absolute atomic E-state index is 13.2. The van der Waals surface area contributed by atoms with Crippen molar-refractivity contribution < 1.29 is 17.7 Å². The lowest BCUT2D eigenvalue weighted by molar-refractivity contribution is 0.0551. The molecule has 9 nitrogen and oxygen atoms in total. The number of aromatic nitrogens is 2. The molecule has 1 saturated heterocycles. The predicted octanol–water partition coefficient (Wildman–Crippen LogP) is 2.86. The Morgan fingerprint density at radius 2 is 1.82 bits per heavy atom. The Morgan fingerprint density at radius 1 is 1.12 bits per heavy atom. The second-order valence-electron chi connectivity index (χ2n) is 8.30. The molecule has 34 heavy (non-hydrogen) atoms. The minimum Gasteiger partial charge on any atom is -0.337 e. The smallest absolute Gasteiger partial charge is 0.254 e. The SMILES string of the molecule is CCNS(=O)(=O)c1ccc(C)c(C(=O)N2CCN(C(C)c3nc(-c4ccccc4)no3)CC2)c1. The van der Waals surface area contributed by atoms with E-state index in [-0.39, 0.29) is 23.4 Å². The van der Waals surface area contributed by atoms with Gasteiger partial charge in [-0.05, 0) is 31.5 Å². The predicted molar refractivity (Wildman–Crippen MR) is 128 cm³/mol. The van der Waals surface area contributed by atoms with E-state index in [9.17, 15) is 13.2 Å². The lowest BCUT2D eigenvalue weighted by Gasteiger charge is -2.37. The van der Waals surface area contributed by atoms with Crippen LogP contribution in [0.3, 0.4) is 0 Å². The van der Waals surface area contributed by atoms with E-state index in [4.69, 9.17) is 4.52 Å². The second-order valence-corrected chi connectivity index (χ2v) is 10.1. The maximum atomic E-state index is 13.2. The summed E-state index contributed by atoms with van der Waals surface area (Å²) in [5.41, 5.74) is 2.05.